The lowest BCUT2D eigenvalue weighted by Crippen LogP contribution is -2.34. The van der Waals surface area contributed by atoms with Crippen molar-refractivity contribution in [3.63, 3.8) is 0 Å². The van der Waals surface area contributed by atoms with Crippen LogP contribution in [0.15, 0.2) is 41.6 Å². The first-order valence-electron chi connectivity index (χ1n) is 8.99. The molecule has 0 bridgehead atoms. The Kier molecular flexibility index (Phi) is 5.71. The van der Waals surface area contributed by atoms with Crippen molar-refractivity contribution < 1.29 is 14.3 Å². The molecule has 1 aliphatic rings. The lowest BCUT2D eigenvalue weighted by Gasteiger charge is -2.25. The molecule has 0 atom stereocenters. The number of nitrogens with zero attached hydrogens (tertiary/aromatic N) is 3. The number of oxime groups is 1. The lowest BCUT2D eigenvalue weighted by molar-refractivity contribution is 0.296. The van der Waals surface area contributed by atoms with E-state index >= 15 is 0 Å². The second kappa shape index (κ2) is 8.17. The van der Waals surface area contributed by atoms with Crippen LogP contribution in [-0.4, -0.2) is 34.0 Å². The summed E-state index contributed by atoms with van der Waals surface area (Å²) in [5, 5.41) is 13.3. The number of aryl methyl sites for hydroxylation is 1. The van der Waals surface area contributed by atoms with Gasteiger partial charge in [-0.1, -0.05) is 18.1 Å². The second-order valence-corrected chi connectivity index (χ2v) is 6.68. The van der Waals surface area contributed by atoms with Crippen molar-refractivity contribution in [3.8, 4) is 11.6 Å². The van der Waals surface area contributed by atoms with Gasteiger partial charge in [-0.15, -0.1) is 0 Å². The average Bonchev–Trinajstić information content (AvgIpc) is 3.41. The van der Waals surface area contributed by atoms with E-state index in [1.165, 1.54) is 25.0 Å². The number of hydrogen-bond acceptors (Lipinski definition) is 4. The van der Waals surface area contributed by atoms with Crippen molar-refractivity contribution in [2.24, 2.45) is 11.1 Å². The second-order valence-electron chi connectivity index (χ2n) is 6.68. The number of pyridine rings is 1. The average molecular weight is 357 g/mol. The van der Waals surface area contributed by atoms with Gasteiger partial charge in [-0.05, 0) is 56.4 Å². The van der Waals surface area contributed by atoms with Crippen LogP contribution in [0.3, 0.4) is 0 Å². The molecule has 0 amide bonds. The van der Waals surface area contributed by atoms with Gasteiger partial charge in [-0.2, -0.15) is 0 Å². The molecule has 1 heterocycles. The van der Waals surface area contributed by atoms with Crippen molar-refractivity contribution in [2.75, 3.05) is 13.1 Å². The van der Waals surface area contributed by atoms with Crippen molar-refractivity contribution >= 4 is 5.84 Å². The molecule has 2 aromatic rings. The summed E-state index contributed by atoms with van der Waals surface area (Å²) in [6.45, 7) is 5.57. The summed E-state index contributed by atoms with van der Waals surface area (Å²) < 4.78 is 19.3. The Labute approximate surface area is 153 Å². The summed E-state index contributed by atoms with van der Waals surface area (Å²) in [5.41, 5.74) is 1.36. The highest BCUT2D eigenvalue weighted by molar-refractivity contribution is 6.00. The van der Waals surface area contributed by atoms with Crippen LogP contribution in [0, 0.1) is 18.7 Å². The number of ether oxygens (including phenoxy) is 1. The molecule has 1 aromatic heterocycles. The highest BCUT2D eigenvalue weighted by Crippen LogP contribution is 2.31. The molecule has 5 nitrogen and oxygen atoms in total. The van der Waals surface area contributed by atoms with E-state index in [1.54, 1.807) is 12.1 Å². The molecule has 138 valence electrons. The predicted octanol–water partition coefficient (Wildman–Crippen LogP) is 4.58. The van der Waals surface area contributed by atoms with Gasteiger partial charge in [0, 0.05) is 24.8 Å². The van der Waals surface area contributed by atoms with Crippen molar-refractivity contribution in [1.82, 2.24) is 9.88 Å². The highest BCUT2D eigenvalue weighted by Gasteiger charge is 2.28. The molecule has 6 heteroatoms. The van der Waals surface area contributed by atoms with Crippen LogP contribution in [-0.2, 0) is 0 Å². The summed E-state index contributed by atoms with van der Waals surface area (Å²) in [6, 6.07) is 9.59. The van der Waals surface area contributed by atoms with E-state index in [0.717, 1.165) is 25.2 Å². The minimum absolute atomic E-state index is 0.306. The van der Waals surface area contributed by atoms with Crippen LogP contribution in [0.2, 0.25) is 0 Å². The predicted molar refractivity (Wildman–Crippen MR) is 98.4 cm³/mol. The molecule has 26 heavy (non-hydrogen) atoms. The maximum atomic E-state index is 13.5. The van der Waals surface area contributed by atoms with Crippen LogP contribution in [0.5, 0.6) is 11.6 Å². The van der Waals surface area contributed by atoms with Gasteiger partial charge < -0.3 is 14.8 Å². The van der Waals surface area contributed by atoms with E-state index in [9.17, 15) is 9.60 Å². The van der Waals surface area contributed by atoms with Crippen LogP contribution in [0.25, 0.3) is 0 Å². The minimum Gasteiger partial charge on any atom is -0.438 e. The fourth-order valence-corrected chi connectivity index (χ4v) is 2.88. The molecule has 1 aromatic carbocycles. The Morgan fingerprint density at radius 2 is 2.15 bits per heavy atom. The van der Waals surface area contributed by atoms with Crippen LogP contribution in [0.4, 0.5) is 4.39 Å². The molecule has 1 fully saturated rings. The number of aromatic nitrogens is 1. The van der Waals surface area contributed by atoms with Gasteiger partial charge in [0.25, 0.3) is 0 Å². The Balaban J connectivity index is 1.94. The number of hydrogen-bond donors (Lipinski definition) is 1. The molecule has 3 rings (SSSR count). The molecule has 0 aliphatic heterocycles. The van der Waals surface area contributed by atoms with Crippen molar-refractivity contribution in [3.05, 3.63) is 53.5 Å². The Morgan fingerprint density at radius 3 is 2.81 bits per heavy atom. The Morgan fingerprint density at radius 1 is 1.35 bits per heavy atom. The van der Waals surface area contributed by atoms with E-state index in [1.807, 2.05) is 19.1 Å². The van der Waals surface area contributed by atoms with Crippen LogP contribution in [0.1, 0.15) is 37.4 Å². The quantitative estimate of drug-likeness (QED) is 0.341. The van der Waals surface area contributed by atoms with Gasteiger partial charge in [0.2, 0.25) is 5.88 Å². The monoisotopic (exact) mass is 357 g/mol. The van der Waals surface area contributed by atoms with Gasteiger partial charge in [0.1, 0.15) is 11.6 Å². The zero-order chi connectivity index (χ0) is 18.5. The van der Waals surface area contributed by atoms with E-state index in [4.69, 9.17) is 4.74 Å². The first-order chi connectivity index (χ1) is 12.6. The topological polar surface area (TPSA) is 58.0 Å². The zero-order valence-corrected chi connectivity index (χ0v) is 15.2. The summed E-state index contributed by atoms with van der Waals surface area (Å²) in [4.78, 5) is 6.51. The molecule has 1 N–H and O–H groups in total. The number of benzene rings is 1. The third kappa shape index (κ3) is 4.50. The fourth-order valence-electron chi connectivity index (χ4n) is 2.88. The molecule has 0 radical (unpaired) electrons. The van der Waals surface area contributed by atoms with Crippen LogP contribution < -0.4 is 4.74 Å². The number of amidine groups is 1. The smallest absolute Gasteiger partial charge is 0.230 e. The van der Waals surface area contributed by atoms with Gasteiger partial charge in [-0.3, -0.25) is 0 Å². The molecular formula is C20H24FN3O2. The molecule has 1 aliphatic carbocycles. The van der Waals surface area contributed by atoms with Gasteiger partial charge >= 0.3 is 0 Å². The summed E-state index contributed by atoms with van der Waals surface area (Å²) in [7, 11) is 0. The zero-order valence-electron chi connectivity index (χ0n) is 15.2. The number of halogens is 1. The van der Waals surface area contributed by atoms with Gasteiger partial charge in [0.15, 0.2) is 5.84 Å². The maximum Gasteiger partial charge on any atom is 0.230 e. The first-order valence-corrected chi connectivity index (χ1v) is 8.99. The summed E-state index contributed by atoms with van der Waals surface area (Å²) >= 11 is 0. The first kappa shape index (κ1) is 18.2. The molecule has 0 unspecified atom stereocenters. The van der Waals surface area contributed by atoms with E-state index in [2.05, 4.69) is 22.0 Å². The van der Waals surface area contributed by atoms with E-state index < -0.39 is 0 Å². The minimum atomic E-state index is -0.380. The number of rotatable bonds is 7. The highest BCUT2D eigenvalue weighted by atomic mass is 19.1. The largest absolute Gasteiger partial charge is 0.438 e. The third-order valence-electron chi connectivity index (χ3n) is 4.31. The fraction of sp³-hybridized carbons (Fsp3) is 0.400. The van der Waals surface area contributed by atoms with E-state index in [0.29, 0.717) is 28.9 Å². The molecule has 1 saturated carbocycles. The molecular weight excluding hydrogens is 333 g/mol. The van der Waals surface area contributed by atoms with Crippen LogP contribution >= 0.6 is 0 Å². The van der Waals surface area contributed by atoms with Crippen molar-refractivity contribution in [2.45, 2.75) is 33.1 Å². The Bertz CT molecular complexity index is 790. The Hall–Kier alpha value is -2.63. The third-order valence-corrected chi connectivity index (χ3v) is 4.31. The maximum absolute atomic E-state index is 13.5. The molecule has 0 saturated heterocycles. The summed E-state index contributed by atoms with van der Waals surface area (Å²) in [6.07, 6.45) is 3.35. The standard InChI is InChI=1S/C20H24FN3O2/c1-3-11-24(13-15-8-9-15)19(23-25)18-10-7-14(2)22-20(18)26-17-6-4-5-16(21)12-17/h4-7,10,12,15,25H,3,8-9,11,13H2,1-2H3/b23-19-. The molecule has 0 spiro atoms. The van der Waals surface area contributed by atoms with Gasteiger partial charge in [-0.25, -0.2) is 9.37 Å². The normalized spacial score (nSPS) is 14.3. The lowest BCUT2D eigenvalue weighted by atomic mass is 10.2. The summed E-state index contributed by atoms with van der Waals surface area (Å²) in [5.74, 6) is 1.36. The van der Waals surface area contributed by atoms with Crippen molar-refractivity contribution in [1.29, 1.82) is 0 Å². The van der Waals surface area contributed by atoms with Gasteiger partial charge in [0.05, 0.1) is 5.56 Å². The van der Waals surface area contributed by atoms with E-state index in [-0.39, 0.29) is 5.82 Å². The SMILES string of the molecule is CCCN(CC1CC1)/C(=N\O)c1ccc(C)nc1Oc1cccc(F)c1.